The van der Waals surface area contributed by atoms with Gasteiger partial charge in [-0.2, -0.15) is 0 Å². The average Bonchev–Trinajstić information content (AvgIpc) is 3.28. The highest BCUT2D eigenvalue weighted by atomic mass is 32.2. The summed E-state index contributed by atoms with van der Waals surface area (Å²) in [5.41, 5.74) is 11.7. The van der Waals surface area contributed by atoms with Crippen molar-refractivity contribution in [2.24, 2.45) is 5.16 Å². The first kappa shape index (κ1) is 25.7. The van der Waals surface area contributed by atoms with Crippen molar-refractivity contribution >= 4 is 69.3 Å². The third-order valence-corrected chi connectivity index (χ3v) is 8.30. The Balaban J connectivity index is 1.45. The highest BCUT2D eigenvalue weighted by Crippen LogP contribution is 2.43. The normalized spacial score (nSPS) is 19.5. The summed E-state index contributed by atoms with van der Waals surface area (Å²) in [4.78, 5) is 52.0. The van der Waals surface area contributed by atoms with Gasteiger partial charge in [-0.05, 0) is 18.6 Å². The monoisotopic (exact) mass is 553 g/mol. The van der Waals surface area contributed by atoms with Gasteiger partial charge in [-0.15, -0.1) is 34.9 Å². The Morgan fingerprint density at radius 3 is 2.83 bits per heavy atom. The molecule has 1 saturated heterocycles. The van der Waals surface area contributed by atoms with Crippen molar-refractivity contribution in [2.45, 2.75) is 17.8 Å². The van der Waals surface area contributed by atoms with E-state index in [1.165, 1.54) is 28.9 Å². The molecule has 0 unspecified atom stereocenters. The number of carboxylic acid groups (broad SMARTS) is 1. The van der Waals surface area contributed by atoms with Crippen LogP contribution in [-0.4, -0.2) is 73.3 Å². The number of alkyl halides is 1. The van der Waals surface area contributed by atoms with E-state index < -0.39 is 36.1 Å². The van der Waals surface area contributed by atoms with Gasteiger partial charge in [0.05, 0.1) is 0 Å². The highest BCUT2D eigenvalue weighted by molar-refractivity contribution is 8.06. The van der Waals surface area contributed by atoms with E-state index in [2.05, 4.69) is 25.3 Å². The van der Waals surface area contributed by atoms with Crippen LogP contribution in [-0.2, 0) is 25.6 Å². The third kappa shape index (κ3) is 5.39. The number of hydrogen-bond acceptors (Lipinski definition) is 12. The number of nitrogens with two attached hydrogens (primary N) is 2. The molecule has 1 fully saturated rings. The number of thioether (sulfide) groups is 2. The Morgan fingerprint density at radius 2 is 2.17 bits per heavy atom. The van der Waals surface area contributed by atoms with Crippen LogP contribution in [0, 0.1) is 0 Å². The number of aryl methyl sites for hydroxylation is 1. The van der Waals surface area contributed by atoms with Gasteiger partial charge in [0.2, 0.25) is 0 Å². The van der Waals surface area contributed by atoms with Gasteiger partial charge >= 0.3 is 5.97 Å². The number of oxime groups is 1. The van der Waals surface area contributed by atoms with Gasteiger partial charge in [-0.3, -0.25) is 14.5 Å². The quantitative estimate of drug-likeness (QED) is 0.187. The molecule has 0 saturated carbocycles. The molecule has 190 valence electrons. The molecule has 2 aliphatic rings. The molecule has 0 aliphatic carbocycles. The second kappa shape index (κ2) is 11.1. The third-order valence-electron chi connectivity index (χ3n) is 5.07. The Bertz CT molecular complexity index is 1250. The van der Waals surface area contributed by atoms with Crippen LogP contribution in [0.5, 0.6) is 0 Å². The molecule has 2 aromatic rings. The Kier molecular flexibility index (Phi) is 7.95. The minimum atomic E-state index is -1.27. The number of β-lactam (4-membered cyclic amide) rings is 1. The highest BCUT2D eigenvalue weighted by Gasteiger charge is 2.54. The number of carboxylic acids is 1. The largest absolute Gasteiger partial charge is 0.477 e. The fraction of sp³-hybridized carbons (Fsp3) is 0.300. The lowest BCUT2D eigenvalue weighted by Gasteiger charge is -2.49. The Labute approximate surface area is 216 Å². The number of amides is 2. The average molecular weight is 554 g/mol. The number of rotatable bonds is 10. The molecule has 2 aromatic heterocycles. The van der Waals surface area contributed by atoms with E-state index in [4.69, 9.17) is 11.5 Å². The number of nitrogens with zero attached hydrogens (tertiary/aromatic N) is 4. The molecule has 2 atom stereocenters. The number of nitrogens with one attached hydrogen (secondary N) is 1. The summed E-state index contributed by atoms with van der Waals surface area (Å²) in [5, 5.41) is 16.8. The van der Waals surface area contributed by atoms with Crippen molar-refractivity contribution in [2.75, 3.05) is 29.8 Å². The predicted octanol–water partition coefficient (Wildman–Crippen LogP) is 1.02. The molecule has 12 nitrogen and oxygen atoms in total. The first-order valence-corrected chi connectivity index (χ1v) is 13.2. The maximum atomic E-state index is 12.9. The summed E-state index contributed by atoms with van der Waals surface area (Å²) < 4.78 is 12.5. The number of carbonyl (C=O) groups is 3. The zero-order chi connectivity index (χ0) is 25.8. The van der Waals surface area contributed by atoms with Crippen molar-refractivity contribution < 1.29 is 28.7 Å². The SMILES string of the molecule is Nc1cccc(CCSC2=C(C(=O)O)N3C(=O)[C@@H](NC(=O)/C(=N\OCF)c4csc(N)n4)[C@H]3SC2)n1. The molecular weight excluding hydrogens is 533 g/mol. The number of hydrogen-bond donors (Lipinski definition) is 4. The van der Waals surface area contributed by atoms with Crippen LogP contribution < -0.4 is 16.8 Å². The maximum absolute atomic E-state index is 12.9. The topological polar surface area (TPSA) is 186 Å². The molecule has 16 heteroatoms. The molecule has 0 spiro atoms. The Morgan fingerprint density at radius 1 is 1.36 bits per heavy atom. The van der Waals surface area contributed by atoms with Gasteiger partial charge in [0.1, 0.15) is 28.6 Å². The first-order chi connectivity index (χ1) is 17.3. The standard InChI is InChI=1S/C20H20FN7O5S3/c21-8-33-27-13(10-6-36-20(23)25-10)16(29)26-14-17(30)28-15(19(31)32)11(7-35-18(14)28)34-5-4-9-2-1-3-12(22)24-9/h1-3,6,14,18H,4-5,7-8H2,(H2,22,24)(H2,23,25)(H,26,29)(H,31,32)/b27-13-/t14-,18-/m1/s1. The van der Waals surface area contributed by atoms with E-state index in [9.17, 15) is 23.9 Å². The van der Waals surface area contributed by atoms with Gasteiger partial charge in [0.25, 0.3) is 18.7 Å². The van der Waals surface area contributed by atoms with E-state index in [0.29, 0.717) is 28.6 Å². The van der Waals surface area contributed by atoms with E-state index in [1.807, 2.05) is 6.07 Å². The van der Waals surface area contributed by atoms with Crippen LogP contribution >= 0.6 is 34.9 Å². The lowest BCUT2D eigenvalue weighted by Crippen LogP contribution is -2.71. The minimum Gasteiger partial charge on any atom is -0.477 e. The predicted molar refractivity (Wildman–Crippen MR) is 135 cm³/mol. The second-order valence-corrected chi connectivity index (χ2v) is 10.5. The van der Waals surface area contributed by atoms with E-state index >= 15 is 0 Å². The molecule has 0 bridgehead atoms. The number of aromatic nitrogens is 2. The van der Waals surface area contributed by atoms with E-state index in [1.54, 1.807) is 12.1 Å². The molecule has 2 amide bonds. The Hall–Kier alpha value is -3.37. The number of fused-ring (bicyclic) bond motifs is 1. The molecule has 0 radical (unpaired) electrons. The molecule has 4 heterocycles. The van der Waals surface area contributed by atoms with Crippen molar-refractivity contribution in [3.8, 4) is 0 Å². The van der Waals surface area contributed by atoms with Crippen molar-refractivity contribution in [3.05, 3.63) is 45.6 Å². The molecule has 36 heavy (non-hydrogen) atoms. The van der Waals surface area contributed by atoms with Crippen molar-refractivity contribution in [3.63, 3.8) is 0 Å². The van der Waals surface area contributed by atoms with Crippen LogP contribution in [0.15, 0.2) is 39.3 Å². The number of thiazole rings is 1. The van der Waals surface area contributed by atoms with E-state index in [0.717, 1.165) is 21.9 Å². The van der Waals surface area contributed by atoms with Gasteiger partial charge in [-0.25, -0.2) is 19.2 Å². The van der Waals surface area contributed by atoms with Gasteiger partial charge in [0.15, 0.2) is 10.8 Å². The van der Waals surface area contributed by atoms with Gasteiger partial charge in [-0.1, -0.05) is 11.2 Å². The summed E-state index contributed by atoms with van der Waals surface area (Å²) in [6.07, 6.45) is 0.566. The van der Waals surface area contributed by atoms with Gasteiger partial charge < -0.3 is 26.7 Å². The number of carbonyl (C=O) groups excluding carboxylic acids is 2. The van der Waals surface area contributed by atoms with E-state index in [-0.39, 0.29) is 22.2 Å². The fourth-order valence-corrected chi connectivity index (χ4v) is 6.68. The zero-order valence-corrected chi connectivity index (χ0v) is 20.9. The van der Waals surface area contributed by atoms with Crippen LogP contribution in [0.4, 0.5) is 15.3 Å². The summed E-state index contributed by atoms with van der Waals surface area (Å²) in [6, 6.07) is 4.30. The molecule has 0 aromatic carbocycles. The van der Waals surface area contributed by atoms with Crippen LogP contribution in [0.25, 0.3) is 0 Å². The van der Waals surface area contributed by atoms with Crippen LogP contribution in [0.3, 0.4) is 0 Å². The number of anilines is 2. The minimum absolute atomic E-state index is 0.0582. The second-order valence-electron chi connectivity index (χ2n) is 7.34. The number of aliphatic carboxylic acids is 1. The smallest absolute Gasteiger partial charge is 0.353 e. The molecule has 6 N–H and O–H groups in total. The first-order valence-electron chi connectivity index (χ1n) is 10.3. The summed E-state index contributed by atoms with van der Waals surface area (Å²) in [5.74, 6) is -1.37. The van der Waals surface area contributed by atoms with Crippen molar-refractivity contribution in [1.82, 2.24) is 20.2 Å². The molecule has 2 aliphatic heterocycles. The molecule has 4 rings (SSSR count). The number of nitrogen functional groups attached to an aromatic ring is 2. The number of pyridine rings is 1. The summed E-state index contributed by atoms with van der Waals surface area (Å²) >= 11 is 3.70. The summed E-state index contributed by atoms with van der Waals surface area (Å²) in [7, 11) is 0. The van der Waals surface area contributed by atoms with Crippen LogP contribution in [0.2, 0.25) is 0 Å². The fourth-order valence-electron chi connectivity index (χ4n) is 3.52. The summed E-state index contributed by atoms with van der Waals surface area (Å²) in [6.45, 7) is -1.27. The number of halogens is 1. The lowest BCUT2D eigenvalue weighted by molar-refractivity contribution is -0.150. The molecular formula is C20H20FN7O5S3. The lowest BCUT2D eigenvalue weighted by atomic mass is 10.0. The van der Waals surface area contributed by atoms with Crippen LogP contribution in [0.1, 0.15) is 11.4 Å². The van der Waals surface area contributed by atoms with Crippen molar-refractivity contribution in [1.29, 1.82) is 0 Å². The zero-order valence-electron chi connectivity index (χ0n) is 18.4. The van der Waals surface area contributed by atoms with Gasteiger partial charge in [0, 0.05) is 27.5 Å². The maximum Gasteiger partial charge on any atom is 0.353 e.